The number of hydrogen-bond acceptors (Lipinski definition) is 13. The Morgan fingerprint density at radius 3 is 1.85 bits per heavy atom. The Labute approximate surface area is 275 Å². The minimum Gasteiger partial charge on any atom is -0.373 e. The number of carbonyl (C=O) groups excluding carboxylic acids is 1. The molecule has 14 nitrogen and oxygen atoms in total. The van der Waals surface area contributed by atoms with Crippen molar-refractivity contribution in [1.29, 1.82) is 0 Å². The van der Waals surface area contributed by atoms with Crippen molar-refractivity contribution in [2.75, 3.05) is 32.6 Å². The number of anilines is 4. The number of amides is 1. The van der Waals surface area contributed by atoms with E-state index < -0.39 is 26.3 Å². The van der Waals surface area contributed by atoms with Gasteiger partial charge in [0.2, 0.25) is 36.2 Å². The number of hydrogen-bond donors (Lipinski definition) is 5. The highest BCUT2D eigenvalue weighted by Crippen LogP contribution is 2.43. The van der Waals surface area contributed by atoms with E-state index in [0.717, 1.165) is 59.3 Å². The van der Waals surface area contributed by atoms with Gasteiger partial charge in [0, 0.05) is 29.6 Å². The fourth-order valence-electron chi connectivity index (χ4n) is 5.14. The van der Waals surface area contributed by atoms with Crippen LogP contribution in [0.25, 0.3) is 0 Å². The summed E-state index contributed by atoms with van der Waals surface area (Å²) in [6, 6.07) is 13.4. The molecule has 4 aromatic rings. The molecule has 0 saturated heterocycles. The molecule has 1 aliphatic carbocycles. The fourth-order valence-corrected chi connectivity index (χ4v) is 8.11. The summed E-state index contributed by atoms with van der Waals surface area (Å²) in [6.45, 7) is 0. The summed E-state index contributed by atoms with van der Waals surface area (Å²) in [4.78, 5) is 12.6. The second kappa shape index (κ2) is 14.4. The molecule has 46 heavy (non-hydrogen) atoms. The van der Waals surface area contributed by atoms with E-state index in [1.165, 1.54) is 22.7 Å². The molecule has 1 amide bonds. The predicted molar refractivity (Wildman–Crippen MR) is 179 cm³/mol. The number of aliphatic hydroxyl groups is 1. The molecule has 1 unspecified atom stereocenters. The fraction of sp³-hybridized carbons (Fsp3) is 0.393. The van der Waals surface area contributed by atoms with Crippen molar-refractivity contribution in [2.24, 2.45) is 0 Å². The maximum atomic E-state index is 12.6. The number of aliphatic hydroxyl groups excluding tert-OH is 1. The van der Waals surface area contributed by atoms with Gasteiger partial charge in [-0.15, -0.1) is 20.4 Å². The van der Waals surface area contributed by atoms with Gasteiger partial charge in [0.1, 0.15) is 16.2 Å². The summed E-state index contributed by atoms with van der Waals surface area (Å²) in [6.07, 6.45) is 5.38. The molecular formula is C28H34N8O6S4. The average Bonchev–Trinajstić information content (AvgIpc) is 3.64. The van der Waals surface area contributed by atoms with Crippen LogP contribution in [0.15, 0.2) is 48.5 Å². The van der Waals surface area contributed by atoms with E-state index >= 15 is 0 Å². The number of rotatable bonds is 13. The van der Waals surface area contributed by atoms with E-state index in [9.17, 15) is 26.7 Å². The highest BCUT2D eigenvalue weighted by Gasteiger charge is 2.29. The smallest absolute Gasteiger partial charge is 0.230 e. The van der Waals surface area contributed by atoms with Crippen LogP contribution in [-0.4, -0.2) is 67.0 Å². The number of sulfonamides is 2. The first-order valence-corrected chi connectivity index (χ1v) is 19.7. The summed E-state index contributed by atoms with van der Waals surface area (Å²) in [7, 11) is -6.73. The molecule has 0 spiro atoms. The van der Waals surface area contributed by atoms with E-state index in [1.54, 1.807) is 48.5 Å². The van der Waals surface area contributed by atoms with E-state index in [1.807, 2.05) is 0 Å². The van der Waals surface area contributed by atoms with Crippen molar-refractivity contribution in [3.63, 3.8) is 0 Å². The Kier molecular flexibility index (Phi) is 10.5. The molecule has 0 radical (unpaired) electrons. The third kappa shape index (κ3) is 10.1. The number of benzene rings is 2. The normalized spacial score (nSPS) is 17.6. The van der Waals surface area contributed by atoms with Gasteiger partial charge in [-0.3, -0.25) is 14.2 Å². The molecule has 1 saturated carbocycles. The van der Waals surface area contributed by atoms with Gasteiger partial charge in [-0.05, 0) is 54.7 Å². The van der Waals surface area contributed by atoms with Crippen LogP contribution in [0, 0.1) is 0 Å². The molecule has 246 valence electrons. The van der Waals surface area contributed by atoms with Crippen LogP contribution in [0.2, 0.25) is 0 Å². The van der Waals surface area contributed by atoms with Gasteiger partial charge < -0.3 is 15.7 Å². The number of aromatic nitrogens is 4. The van der Waals surface area contributed by atoms with Crippen LogP contribution < -0.4 is 20.1 Å². The standard InChI is InChI=1S/C28H34N8O6S4/c1-45(39,40)35-21-10-6-17(7-11-21)14-23(37)29-27-33-31-25(43-27)19-4-3-5-20(16-19)26-32-34-28(44-26)30-24(38)15-18-8-12-22(13-9-18)36-46(2,41)42/h6-13,19-20,23,35-37H,3-5,14-16H2,1-2H3,(H,29,33)(H,30,34,38)/t19-,20-,23?/m0/s1. The highest BCUT2D eigenvalue weighted by atomic mass is 32.2. The van der Waals surface area contributed by atoms with E-state index in [2.05, 4.69) is 40.5 Å². The Morgan fingerprint density at radius 1 is 0.804 bits per heavy atom. The third-order valence-corrected chi connectivity index (χ3v) is 10.3. The second-order valence-corrected chi connectivity index (χ2v) is 16.7. The summed E-state index contributed by atoms with van der Waals surface area (Å²) < 4.78 is 50.3. The van der Waals surface area contributed by atoms with Crippen molar-refractivity contribution in [3.05, 3.63) is 69.7 Å². The van der Waals surface area contributed by atoms with Crippen LogP contribution in [0.4, 0.5) is 21.6 Å². The molecule has 5 rings (SSSR count). The Morgan fingerprint density at radius 2 is 1.30 bits per heavy atom. The lowest BCUT2D eigenvalue weighted by Crippen LogP contribution is -2.21. The molecule has 0 bridgehead atoms. The minimum atomic E-state index is -3.37. The summed E-state index contributed by atoms with van der Waals surface area (Å²) in [5.41, 5.74) is 2.43. The molecule has 2 heterocycles. The van der Waals surface area contributed by atoms with Crippen LogP contribution in [0.5, 0.6) is 0 Å². The Bertz CT molecular complexity index is 1860. The van der Waals surface area contributed by atoms with E-state index in [-0.39, 0.29) is 24.2 Å². The lowest BCUT2D eigenvalue weighted by molar-refractivity contribution is -0.115. The van der Waals surface area contributed by atoms with Gasteiger partial charge in [0.15, 0.2) is 0 Å². The third-order valence-electron chi connectivity index (χ3n) is 7.10. The summed E-state index contributed by atoms with van der Waals surface area (Å²) in [5.74, 6) is 0.105. The van der Waals surface area contributed by atoms with Crippen molar-refractivity contribution in [3.8, 4) is 0 Å². The minimum absolute atomic E-state index is 0.108. The van der Waals surface area contributed by atoms with Crippen LogP contribution in [-0.2, 0) is 37.7 Å². The average molecular weight is 707 g/mol. The molecule has 5 N–H and O–H groups in total. The summed E-state index contributed by atoms with van der Waals surface area (Å²) in [5, 5.41) is 36.2. The van der Waals surface area contributed by atoms with Crippen molar-refractivity contribution in [1.82, 2.24) is 20.4 Å². The van der Waals surface area contributed by atoms with Gasteiger partial charge >= 0.3 is 0 Å². The van der Waals surface area contributed by atoms with Gasteiger partial charge in [-0.1, -0.05) is 53.4 Å². The number of nitrogens with zero attached hydrogens (tertiary/aromatic N) is 4. The van der Waals surface area contributed by atoms with Crippen molar-refractivity contribution < 1.29 is 26.7 Å². The lowest BCUT2D eigenvalue weighted by Gasteiger charge is -2.25. The van der Waals surface area contributed by atoms with E-state index in [4.69, 9.17) is 0 Å². The molecule has 2 aromatic carbocycles. The van der Waals surface area contributed by atoms with Gasteiger partial charge in [-0.2, -0.15) is 0 Å². The first-order chi connectivity index (χ1) is 21.8. The van der Waals surface area contributed by atoms with Gasteiger partial charge in [0.25, 0.3) is 0 Å². The number of carbonyl (C=O) groups is 1. The van der Waals surface area contributed by atoms with Crippen LogP contribution >= 0.6 is 22.7 Å². The molecule has 1 aliphatic rings. The zero-order chi connectivity index (χ0) is 32.9. The molecule has 1 fully saturated rings. The predicted octanol–water partition coefficient (Wildman–Crippen LogP) is 3.73. The first-order valence-electron chi connectivity index (χ1n) is 14.3. The van der Waals surface area contributed by atoms with Crippen LogP contribution in [0.1, 0.15) is 58.7 Å². The molecule has 18 heteroatoms. The second-order valence-electron chi connectivity index (χ2n) is 11.2. The van der Waals surface area contributed by atoms with Crippen LogP contribution in [0.3, 0.4) is 0 Å². The zero-order valence-electron chi connectivity index (χ0n) is 25.0. The molecule has 0 aliphatic heterocycles. The first kappa shape index (κ1) is 33.6. The molecular weight excluding hydrogens is 673 g/mol. The lowest BCUT2D eigenvalue weighted by atomic mass is 9.82. The zero-order valence-corrected chi connectivity index (χ0v) is 28.3. The molecule has 3 atom stereocenters. The largest absolute Gasteiger partial charge is 0.373 e. The van der Waals surface area contributed by atoms with Crippen molar-refractivity contribution >= 4 is 70.3 Å². The summed E-state index contributed by atoms with van der Waals surface area (Å²) >= 11 is 2.77. The Hall–Kier alpha value is -3.71. The topological polar surface area (TPSA) is 205 Å². The quantitative estimate of drug-likeness (QED) is 0.127. The maximum Gasteiger partial charge on any atom is 0.230 e. The Balaban J connectivity index is 1.11. The van der Waals surface area contributed by atoms with Crippen molar-refractivity contribution in [2.45, 2.75) is 56.6 Å². The maximum absolute atomic E-state index is 12.6. The SMILES string of the molecule is CS(=O)(=O)Nc1ccc(CC(=O)Nc2nnc([C@H]3CCC[C@H](c4nnc(NC(O)Cc5ccc(NS(C)(=O)=O)cc5)s4)C3)s2)cc1. The monoisotopic (exact) mass is 706 g/mol. The van der Waals surface area contributed by atoms with Gasteiger partial charge in [0.05, 0.1) is 18.9 Å². The number of nitrogens with one attached hydrogen (secondary N) is 4. The highest BCUT2D eigenvalue weighted by molar-refractivity contribution is 7.92. The molecule has 2 aromatic heterocycles. The van der Waals surface area contributed by atoms with E-state index in [0.29, 0.717) is 28.1 Å². The van der Waals surface area contributed by atoms with Gasteiger partial charge in [-0.25, -0.2) is 16.8 Å².